The molecule has 1 aliphatic rings. The van der Waals surface area contributed by atoms with E-state index in [1.54, 1.807) is 18.2 Å². The van der Waals surface area contributed by atoms with Gasteiger partial charge in [-0.1, -0.05) is 19.9 Å². The Morgan fingerprint density at radius 1 is 1.29 bits per heavy atom. The van der Waals surface area contributed by atoms with Crippen LogP contribution < -0.4 is 10.1 Å². The Balaban J connectivity index is 1.83. The van der Waals surface area contributed by atoms with Crippen molar-refractivity contribution in [2.24, 2.45) is 5.92 Å². The summed E-state index contributed by atoms with van der Waals surface area (Å²) in [7, 11) is 0. The Hall–Kier alpha value is -1.36. The lowest BCUT2D eigenvalue weighted by Gasteiger charge is -2.33. The predicted octanol–water partition coefficient (Wildman–Crippen LogP) is 3.82. The van der Waals surface area contributed by atoms with Crippen molar-refractivity contribution in [1.29, 1.82) is 0 Å². The average Bonchev–Trinajstić information content (AvgIpc) is 2.40. The Morgan fingerprint density at radius 2 is 2.00 bits per heavy atom. The molecule has 1 fully saturated rings. The second kappa shape index (κ2) is 7.59. The molecule has 0 unspecified atom stereocenters. The highest BCUT2D eigenvalue weighted by Gasteiger charge is 2.19. The Bertz CT molecular complexity index is 432. The molecule has 0 spiro atoms. The Labute approximate surface area is 125 Å². The lowest BCUT2D eigenvalue weighted by atomic mass is 10.0. The standard InChI is InChI=1S/C16H24F2N2O/c1-12(2)11-20-8-6-13(7-9-20)19-14-4-3-5-15(10-14)21-16(17)18/h3-5,10,12-13,16,19H,6-9,11H2,1-2H3. The van der Waals surface area contributed by atoms with Crippen LogP contribution in [0.2, 0.25) is 0 Å². The van der Waals surface area contributed by atoms with Crippen LogP contribution in [0.5, 0.6) is 5.75 Å². The zero-order valence-corrected chi connectivity index (χ0v) is 12.7. The lowest BCUT2D eigenvalue weighted by molar-refractivity contribution is -0.0498. The van der Waals surface area contributed by atoms with Crippen LogP contribution in [0.15, 0.2) is 24.3 Å². The van der Waals surface area contributed by atoms with Crippen molar-refractivity contribution in [3.63, 3.8) is 0 Å². The molecule has 118 valence electrons. The quantitative estimate of drug-likeness (QED) is 0.864. The van der Waals surface area contributed by atoms with Gasteiger partial charge < -0.3 is 15.0 Å². The molecular weight excluding hydrogens is 274 g/mol. The van der Waals surface area contributed by atoms with Crippen LogP contribution in [0, 0.1) is 5.92 Å². The van der Waals surface area contributed by atoms with Gasteiger partial charge in [0.2, 0.25) is 0 Å². The minimum absolute atomic E-state index is 0.201. The lowest BCUT2D eigenvalue weighted by Crippen LogP contribution is -2.40. The van der Waals surface area contributed by atoms with Crippen molar-refractivity contribution >= 4 is 5.69 Å². The molecule has 5 heteroatoms. The highest BCUT2D eigenvalue weighted by molar-refractivity contribution is 5.48. The number of likely N-dealkylation sites (tertiary alicyclic amines) is 1. The van der Waals surface area contributed by atoms with E-state index in [0.717, 1.165) is 38.2 Å². The summed E-state index contributed by atoms with van der Waals surface area (Å²) in [6.45, 7) is 5.01. The zero-order chi connectivity index (χ0) is 15.2. The van der Waals surface area contributed by atoms with Crippen molar-refractivity contribution in [3.8, 4) is 5.75 Å². The highest BCUT2D eigenvalue weighted by Crippen LogP contribution is 2.22. The number of nitrogens with one attached hydrogen (secondary N) is 1. The number of hydrogen-bond acceptors (Lipinski definition) is 3. The van der Waals surface area contributed by atoms with Crippen LogP contribution in [0.3, 0.4) is 0 Å². The van der Waals surface area contributed by atoms with Crippen LogP contribution in [0.25, 0.3) is 0 Å². The molecular formula is C16H24F2N2O. The summed E-state index contributed by atoms with van der Waals surface area (Å²) in [4.78, 5) is 2.49. The summed E-state index contributed by atoms with van der Waals surface area (Å²) < 4.78 is 28.8. The third-order valence-corrected chi connectivity index (χ3v) is 3.64. The molecule has 0 aliphatic carbocycles. The summed E-state index contributed by atoms with van der Waals surface area (Å²) in [5.41, 5.74) is 0.843. The number of piperidine rings is 1. The van der Waals surface area contributed by atoms with Crippen molar-refractivity contribution in [2.45, 2.75) is 39.3 Å². The Kier molecular flexibility index (Phi) is 5.79. The molecule has 1 N–H and O–H groups in total. The van der Waals surface area contributed by atoms with E-state index in [1.165, 1.54) is 0 Å². The molecule has 0 aromatic heterocycles. The molecule has 3 nitrogen and oxygen atoms in total. The smallest absolute Gasteiger partial charge is 0.387 e. The van der Waals surface area contributed by atoms with Crippen LogP contribution in [-0.2, 0) is 0 Å². The van der Waals surface area contributed by atoms with Crippen LogP contribution in [0.4, 0.5) is 14.5 Å². The fraction of sp³-hybridized carbons (Fsp3) is 0.625. The van der Waals surface area contributed by atoms with Gasteiger partial charge in [-0.15, -0.1) is 0 Å². The predicted molar refractivity (Wildman–Crippen MR) is 81.0 cm³/mol. The molecule has 1 saturated heterocycles. The van der Waals surface area contributed by atoms with Gasteiger partial charge >= 0.3 is 6.61 Å². The van der Waals surface area contributed by atoms with Gasteiger partial charge in [-0.3, -0.25) is 0 Å². The first-order valence-corrected chi connectivity index (χ1v) is 7.56. The molecule has 0 amide bonds. The molecule has 0 atom stereocenters. The van der Waals surface area contributed by atoms with Crippen LogP contribution >= 0.6 is 0 Å². The third-order valence-electron chi connectivity index (χ3n) is 3.64. The third kappa shape index (κ3) is 5.50. The molecule has 0 radical (unpaired) electrons. The molecule has 21 heavy (non-hydrogen) atoms. The molecule has 2 rings (SSSR count). The minimum atomic E-state index is -2.78. The van der Waals surface area contributed by atoms with Crippen molar-refractivity contribution < 1.29 is 13.5 Å². The van der Waals surface area contributed by atoms with Gasteiger partial charge in [0, 0.05) is 37.4 Å². The molecule has 0 bridgehead atoms. The maximum Gasteiger partial charge on any atom is 0.387 e. The topological polar surface area (TPSA) is 24.5 Å². The largest absolute Gasteiger partial charge is 0.435 e. The number of rotatable bonds is 6. The fourth-order valence-corrected chi connectivity index (χ4v) is 2.77. The first kappa shape index (κ1) is 16.0. The normalized spacial score (nSPS) is 17.4. The van der Waals surface area contributed by atoms with Gasteiger partial charge in [-0.2, -0.15) is 8.78 Å². The van der Waals surface area contributed by atoms with E-state index in [9.17, 15) is 8.78 Å². The SMILES string of the molecule is CC(C)CN1CCC(Nc2cccc(OC(F)F)c2)CC1. The van der Waals surface area contributed by atoms with E-state index in [2.05, 4.69) is 28.8 Å². The van der Waals surface area contributed by atoms with Crippen molar-refractivity contribution in [2.75, 3.05) is 25.0 Å². The number of ether oxygens (including phenoxy) is 1. The van der Waals surface area contributed by atoms with Crippen LogP contribution in [0.1, 0.15) is 26.7 Å². The second-order valence-electron chi connectivity index (χ2n) is 6.02. The number of hydrogen-bond donors (Lipinski definition) is 1. The van der Waals surface area contributed by atoms with Gasteiger partial charge in [-0.05, 0) is 30.9 Å². The molecule has 1 aliphatic heterocycles. The number of anilines is 1. The van der Waals surface area contributed by atoms with E-state index in [1.807, 2.05) is 6.07 Å². The number of alkyl halides is 2. The zero-order valence-electron chi connectivity index (χ0n) is 12.7. The molecule has 1 aromatic carbocycles. The monoisotopic (exact) mass is 298 g/mol. The first-order valence-electron chi connectivity index (χ1n) is 7.56. The number of benzene rings is 1. The summed E-state index contributed by atoms with van der Waals surface area (Å²) in [6, 6.07) is 7.19. The first-order chi connectivity index (χ1) is 10.0. The van der Waals surface area contributed by atoms with Crippen LogP contribution in [-0.4, -0.2) is 37.2 Å². The Morgan fingerprint density at radius 3 is 2.62 bits per heavy atom. The highest BCUT2D eigenvalue weighted by atomic mass is 19.3. The maximum absolute atomic E-state index is 12.2. The van der Waals surface area contributed by atoms with Gasteiger partial charge in [-0.25, -0.2) is 0 Å². The summed E-state index contributed by atoms with van der Waals surface area (Å²) in [6.07, 6.45) is 2.15. The van der Waals surface area contributed by atoms with E-state index in [-0.39, 0.29) is 5.75 Å². The van der Waals surface area contributed by atoms with E-state index in [0.29, 0.717) is 12.0 Å². The van der Waals surface area contributed by atoms with Gasteiger partial charge in [0.15, 0.2) is 0 Å². The van der Waals surface area contributed by atoms with Crippen molar-refractivity contribution in [1.82, 2.24) is 4.90 Å². The maximum atomic E-state index is 12.2. The minimum Gasteiger partial charge on any atom is -0.435 e. The number of halogens is 2. The fourth-order valence-electron chi connectivity index (χ4n) is 2.77. The van der Waals surface area contributed by atoms with E-state index < -0.39 is 6.61 Å². The molecule has 1 aromatic rings. The van der Waals surface area contributed by atoms with Gasteiger partial charge in [0.05, 0.1) is 0 Å². The molecule has 1 heterocycles. The number of nitrogens with zero attached hydrogens (tertiary/aromatic N) is 1. The van der Waals surface area contributed by atoms with E-state index in [4.69, 9.17) is 0 Å². The summed E-state index contributed by atoms with van der Waals surface area (Å²) in [5, 5.41) is 3.42. The van der Waals surface area contributed by atoms with Gasteiger partial charge in [0.25, 0.3) is 0 Å². The summed E-state index contributed by atoms with van der Waals surface area (Å²) >= 11 is 0. The second-order valence-corrected chi connectivity index (χ2v) is 6.02. The molecule has 0 saturated carbocycles. The van der Waals surface area contributed by atoms with E-state index >= 15 is 0 Å². The summed E-state index contributed by atoms with van der Waals surface area (Å²) in [5.74, 6) is 0.893. The average molecular weight is 298 g/mol. The van der Waals surface area contributed by atoms with Crippen molar-refractivity contribution in [3.05, 3.63) is 24.3 Å². The van der Waals surface area contributed by atoms with Gasteiger partial charge in [0.1, 0.15) is 5.75 Å².